The minimum absolute atomic E-state index is 0.103. The van der Waals surface area contributed by atoms with Crippen LogP contribution in [0.2, 0.25) is 0 Å². The lowest BCUT2D eigenvalue weighted by Gasteiger charge is -2.07. The molecule has 0 saturated heterocycles. The minimum Gasteiger partial charge on any atom is -0.466 e. The largest absolute Gasteiger partial charge is 0.466 e. The maximum Gasteiger partial charge on any atom is 0.344 e. The lowest BCUT2D eigenvalue weighted by molar-refractivity contribution is -0.143. The van der Waals surface area contributed by atoms with Crippen LogP contribution >= 0.6 is 11.3 Å². The van der Waals surface area contributed by atoms with E-state index in [1.807, 2.05) is 0 Å². The Balaban J connectivity index is 2.37. The average molecular weight is 254 g/mol. The molecule has 17 heavy (non-hydrogen) atoms. The topological polar surface area (TPSA) is 70.4 Å². The molecular weight excluding hydrogens is 244 g/mol. The van der Waals surface area contributed by atoms with Crippen LogP contribution in [0.5, 0.6) is 6.01 Å². The number of hydrogen-bond donors (Lipinski definition) is 0. The number of carbonyl (C=O) groups excluding carboxylic acids is 1. The van der Waals surface area contributed by atoms with Gasteiger partial charge in [-0.25, -0.2) is 4.79 Å². The Morgan fingerprint density at radius 2 is 2.35 bits per heavy atom. The van der Waals surface area contributed by atoms with E-state index in [1.54, 1.807) is 18.5 Å². The fraction of sp³-hybridized carbons (Fsp3) is 0.300. The molecule has 0 bridgehead atoms. The number of nitrogens with zero attached hydrogens (tertiary/aromatic N) is 2. The van der Waals surface area contributed by atoms with Crippen molar-refractivity contribution in [3.05, 3.63) is 21.8 Å². The van der Waals surface area contributed by atoms with Gasteiger partial charge in [-0.3, -0.25) is 9.36 Å². The molecule has 0 radical (unpaired) electrons. The van der Waals surface area contributed by atoms with Gasteiger partial charge in [-0.1, -0.05) is 0 Å². The summed E-state index contributed by atoms with van der Waals surface area (Å²) >= 11 is 1.32. The van der Waals surface area contributed by atoms with E-state index in [1.165, 1.54) is 23.0 Å². The van der Waals surface area contributed by atoms with Crippen LogP contribution in [0.1, 0.15) is 0 Å². The van der Waals surface area contributed by atoms with Crippen molar-refractivity contribution in [1.82, 2.24) is 9.55 Å². The second kappa shape index (κ2) is 4.54. The molecule has 0 atom stereocenters. The predicted octanol–water partition coefficient (Wildman–Crippen LogP) is 0.547. The summed E-state index contributed by atoms with van der Waals surface area (Å²) in [5.41, 5.74) is 0.378. The number of fused-ring (bicyclic) bond motifs is 1. The number of thiophene rings is 1. The number of esters is 1. The van der Waals surface area contributed by atoms with E-state index < -0.39 is 5.97 Å². The molecule has 0 fully saturated rings. The van der Waals surface area contributed by atoms with Gasteiger partial charge in [0.1, 0.15) is 4.70 Å². The number of rotatable bonds is 3. The third-order valence-electron chi connectivity index (χ3n) is 2.19. The maximum atomic E-state index is 11.9. The summed E-state index contributed by atoms with van der Waals surface area (Å²) < 4.78 is 11.4. The van der Waals surface area contributed by atoms with Crippen LogP contribution in [0.15, 0.2) is 16.2 Å². The summed E-state index contributed by atoms with van der Waals surface area (Å²) in [7, 11) is 2.81. The van der Waals surface area contributed by atoms with Crippen LogP contribution < -0.4 is 10.3 Å². The van der Waals surface area contributed by atoms with Gasteiger partial charge in [0.2, 0.25) is 0 Å². The van der Waals surface area contributed by atoms with Crippen molar-refractivity contribution in [3.8, 4) is 6.01 Å². The third-order valence-corrected chi connectivity index (χ3v) is 3.08. The summed E-state index contributed by atoms with van der Waals surface area (Å²) in [4.78, 5) is 26.9. The predicted molar refractivity (Wildman–Crippen MR) is 62.4 cm³/mol. The molecule has 2 rings (SSSR count). The van der Waals surface area contributed by atoms with Gasteiger partial charge in [0, 0.05) is 7.05 Å². The molecule has 0 aliphatic heterocycles. The second-order valence-electron chi connectivity index (χ2n) is 3.26. The quantitative estimate of drug-likeness (QED) is 0.748. The fourth-order valence-corrected chi connectivity index (χ4v) is 2.08. The van der Waals surface area contributed by atoms with Crippen molar-refractivity contribution in [2.75, 3.05) is 13.7 Å². The van der Waals surface area contributed by atoms with E-state index >= 15 is 0 Å². The highest BCUT2D eigenvalue weighted by Crippen LogP contribution is 2.17. The molecule has 0 amide bonds. The van der Waals surface area contributed by atoms with Crippen molar-refractivity contribution in [3.63, 3.8) is 0 Å². The van der Waals surface area contributed by atoms with Gasteiger partial charge >= 0.3 is 5.97 Å². The number of carbonyl (C=O) groups is 1. The summed E-state index contributed by atoms with van der Waals surface area (Å²) in [5, 5.41) is 1.78. The van der Waals surface area contributed by atoms with Gasteiger partial charge in [-0.15, -0.1) is 11.3 Å². The smallest absolute Gasteiger partial charge is 0.344 e. The lowest BCUT2D eigenvalue weighted by atomic mass is 10.5. The number of methoxy groups -OCH3 is 1. The summed E-state index contributed by atoms with van der Waals surface area (Å²) in [5.74, 6) is -0.523. The monoisotopic (exact) mass is 254 g/mol. The molecule has 0 aliphatic carbocycles. The zero-order valence-electron chi connectivity index (χ0n) is 9.30. The highest BCUT2D eigenvalue weighted by molar-refractivity contribution is 7.17. The highest BCUT2D eigenvalue weighted by Gasteiger charge is 2.11. The summed E-state index contributed by atoms with van der Waals surface area (Å²) in [6.45, 7) is -0.271. The first-order valence-electron chi connectivity index (χ1n) is 4.77. The van der Waals surface area contributed by atoms with Gasteiger partial charge in [-0.2, -0.15) is 4.98 Å². The first-order valence-corrected chi connectivity index (χ1v) is 5.65. The molecule has 6 nitrogen and oxygen atoms in total. The summed E-state index contributed by atoms with van der Waals surface area (Å²) in [6, 6.07) is 1.83. The van der Waals surface area contributed by atoms with Gasteiger partial charge in [0.15, 0.2) is 6.61 Å². The van der Waals surface area contributed by atoms with Gasteiger partial charge in [0.05, 0.1) is 12.6 Å². The van der Waals surface area contributed by atoms with Crippen LogP contribution in [0, 0.1) is 0 Å². The fourth-order valence-electron chi connectivity index (χ4n) is 1.28. The minimum atomic E-state index is -0.523. The van der Waals surface area contributed by atoms with E-state index in [0.717, 1.165) is 0 Å². The molecule has 2 aromatic rings. The van der Waals surface area contributed by atoms with Gasteiger partial charge in [0.25, 0.3) is 11.6 Å². The average Bonchev–Trinajstić information content (AvgIpc) is 2.79. The Kier molecular flexibility index (Phi) is 3.10. The molecule has 0 N–H and O–H groups in total. The maximum absolute atomic E-state index is 11.9. The third kappa shape index (κ3) is 2.14. The van der Waals surface area contributed by atoms with Crippen LogP contribution in [0.3, 0.4) is 0 Å². The van der Waals surface area contributed by atoms with E-state index in [-0.39, 0.29) is 18.2 Å². The molecule has 0 aliphatic rings. The molecule has 0 saturated carbocycles. The van der Waals surface area contributed by atoms with Crippen molar-refractivity contribution >= 4 is 27.5 Å². The van der Waals surface area contributed by atoms with E-state index in [9.17, 15) is 9.59 Å². The zero-order valence-corrected chi connectivity index (χ0v) is 10.1. The molecule has 0 unspecified atom stereocenters. The Labute approximate surface area is 100 Å². The van der Waals surface area contributed by atoms with Crippen LogP contribution in [0.25, 0.3) is 10.2 Å². The molecule has 0 spiro atoms. The van der Waals surface area contributed by atoms with Crippen molar-refractivity contribution < 1.29 is 14.3 Å². The molecule has 2 heterocycles. The Bertz CT molecular complexity index is 616. The number of aromatic nitrogens is 2. The standard InChI is InChI=1S/C10H10N2O4S/c1-12-9(14)8-6(3-4-17-8)11-10(12)16-5-7(13)15-2/h3-4H,5H2,1-2H3. The number of ether oxygens (including phenoxy) is 2. The normalized spacial score (nSPS) is 10.5. The van der Waals surface area contributed by atoms with Crippen LogP contribution in [0.4, 0.5) is 0 Å². The molecular formula is C10H10N2O4S. The summed E-state index contributed by atoms with van der Waals surface area (Å²) in [6.07, 6.45) is 0. The van der Waals surface area contributed by atoms with Crippen molar-refractivity contribution in [1.29, 1.82) is 0 Å². The van der Waals surface area contributed by atoms with E-state index in [4.69, 9.17) is 4.74 Å². The van der Waals surface area contributed by atoms with Crippen LogP contribution in [-0.2, 0) is 16.6 Å². The number of hydrogen-bond acceptors (Lipinski definition) is 6. The molecule has 7 heteroatoms. The van der Waals surface area contributed by atoms with Crippen LogP contribution in [-0.4, -0.2) is 29.2 Å². The SMILES string of the molecule is COC(=O)COc1nc2ccsc2c(=O)n1C. The Morgan fingerprint density at radius 3 is 3.06 bits per heavy atom. The first-order chi connectivity index (χ1) is 8.13. The van der Waals surface area contributed by atoms with E-state index in [0.29, 0.717) is 10.2 Å². The van der Waals surface area contributed by atoms with Gasteiger partial charge < -0.3 is 9.47 Å². The second-order valence-corrected chi connectivity index (χ2v) is 4.17. The Morgan fingerprint density at radius 1 is 1.59 bits per heavy atom. The van der Waals surface area contributed by atoms with Crippen molar-refractivity contribution in [2.24, 2.45) is 7.05 Å². The highest BCUT2D eigenvalue weighted by atomic mass is 32.1. The lowest BCUT2D eigenvalue weighted by Crippen LogP contribution is -2.22. The first kappa shape index (κ1) is 11.6. The Hall–Kier alpha value is -1.89. The van der Waals surface area contributed by atoms with E-state index in [2.05, 4.69) is 9.72 Å². The van der Waals surface area contributed by atoms with Crippen molar-refractivity contribution in [2.45, 2.75) is 0 Å². The van der Waals surface area contributed by atoms with Gasteiger partial charge in [-0.05, 0) is 11.4 Å². The molecule has 0 aromatic carbocycles. The molecule has 2 aromatic heterocycles. The molecule has 90 valence electrons. The zero-order chi connectivity index (χ0) is 12.4.